The highest BCUT2D eigenvalue weighted by Gasteiger charge is 2.34. The van der Waals surface area contributed by atoms with Crippen LogP contribution in [0.1, 0.15) is 45.2 Å². The smallest absolute Gasteiger partial charge is 0.249 e. The Balaban J connectivity index is 1.50. The maximum absolute atomic E-state index is 14.0. The molecular weight excluding hydrogens is 512 g/mol. The second-order valence-electron chi connectivity index (χ2n) is 11.0. The van der Waals surface area contributed by atoms with Gasteiger partial charge in [-0.15, -0.1) is 5.10 Å². The number of amides is 3. The van der Waals surface area contributed by atoms with Gasteiger partial charge in [-0.3, -0.25) is 19.3 Å². The van der Waals surface area contributed by atoms with Crippen molar-refractivity contribution in [3.05, 3.63) is 70.9 Å². The molecule has 39 heavy (non-hydrogen) atoms. The van der Waals surface area contributed by atoms with Crippen LogP contribution in [0.25, 0.3) is 11.0 Å². The van der Waals surface area contributed by atoms with Crippen LogP contribution in [0.5, 0.6) is 0 Å². The van der Waals surface area contributed by atoms with E-state index < -0.39 is 6.04 Å². The number of hydrogen-bond donors (Lipinski definition) is 2. The van der Waals surface area contributed by atoms with Gasteiger partial charge < -0.3 is 10.6 Å². The SMILES string of the molecule is CC(C)(C)CNC(=O)C(c1ccsc1)N(C(=O)Cn1nnc2ccccc21)c1ccc(NC(=O)C2CC2)cc1. The van der Waals surface area contributed by atoms with Gasteiger partial charge in [0.1, 0.15) is 18.1 Å². The summed E-state index contributed by atoms with van der Waals surface area (Å²) in [5.41, 5.74) is 3.18. The Bertz CT molecular complexity index is 1470. The molecule has 1 aliphatic carbocycles. The van der Waals surface area contributed by atoms with E-state index in [1.807, 2.05) is 61.9 Å². The molecule has 2 heterocycles. The van der Waals surface area contributed by atoms with Crippen molar-refractivity contribution in [1.82, 2.24) is 20.3 Å². The minimum absolute atomic E-state index is 0.00597. The number of hydrogen-bond acceptors (Lipinski definition) is 6. The summed E-state index contributed by atoms with van der Waals surface area (Å²) in [6, 6.07) is 15.4. The number of aromatic nitrogens is 3. The number of benzene rings is 2. The zero-order chi connectivity index (χ0) is 27.6. The topological polar surface area (TPSA) is 109 Å². The fourth-order valence-corrected chi connectivity index (χ4v) is 4.95. The third-order valence-electron chi connectivity index (χ3n) is 6.49. The predicted molar refractivity (Wildman–Crippen MR) is 152 cm³/mol. The molecule has 1 fully saturated rings. The summed E-state index contributed by atoms with van der Waals surface area (Å²) in [4.78, 5) is 41.5. The highest BCUT2D eigenvalue weighted by molar-refractivity contribution is 7.08. The molecule has 0 bridgehead atoms. The van der Waals surface area contributed by atoms with Crippen LogP contribution in [0.15, 0.2) is 65.4 Å². The van der Waals surface area contributed by atoms with E-state index in [0.29, 0.717) is 29.0 Å². The van der Waals surface area contributed by atoms with Crippen molar-refractivity contribution in [1.29, 1.82) is 0 Å². The lowest BCUT2D eigenvalue weighted by Crippen LogP contribution is -2.46. The number of carbonyl (C=O) groups excluding carboxylic acids is 3. The number of nitrogens with zero attached hydrogens (tertiary/aromatic N) is 4. The van der Waals surface area contributed by atoms with E-state index in [-0.39, 0.29) is 35.6 Å². The van der Waals surface area contributed by atoms with E-state index in [1.54, 1.807) is 28.9 Å². The fraction of sp³-hybridized carbons (Fsp3) is 0.345. The van der Waals surface area contributed by atoms with Crippen LogP contribution in [-0.4, -0.2) is 39.3 Å². The molecule has 2 aromatic carbocycles. The first kappa shape index (κ1) is 26.6. The van der Waals surface area contributed by atoms with Crippen molar-refractivity contribution in [2.45, 2.75) is 46.2 Å². The average molecular weight is 545 g/mol. The van der Waals surface area contributed by atoms with Crippen molar-refractivity contribution in [2.24, 2.45) is 11.3 Å². The van der Waals surface area contributed by atoms with E-state index >= 15 is 0 Å². The van der Waals surface area contributed by atoms with Crippen molar-refractivity contribution in [3.8, 4) is 0 Å². The van der Waals surface area contributed by atoms with Crippen LogP contribution in [0.2, 0.25) is 0 Å². The average Bonchev–Trinajstić information content (AvgIpc) is 3.49. The van der Waals surface area contributed by atoms with Crippen molar-refractivity contribution >= 4 is 51.5 Å². The van der Waals surface area contributed by atoms with Crippen LogP contribution < -0.4 is 15.5 Å². The third kappa shape index (κ3) is 6.34. The minimum Gasteiger partial charge on any atom is -0.353 e. The number of thiophene rings is 1. The Hall–Kier alpha value is -4.05. The summed E-state index contributed by atoms with van der Waals surface area (Å²) in [6.07, 6.45) is 1.82. The Morgan fingerprint density at radius 2 is 1.82 bits per heavy atom. The monoisotopic (exact) mass is 544 g/mol. The molecule has 4 aromatic rings. The van der Waals surface area contributed by atoms with Gasteiger partial charge in [-0.1, -0.05) is 38.1 Å². The third-order valence-corrected chi connectivity index (χ3v) is 7.19. The largest absolute Gasteiger partial charge is 0.353 e. The summed E-state index contributed by atoms with van der Waals surface area (Å²) in [5, 5.41) is 18.1. The lowest BCUT2D eigenvalue weighted by atomic mass is 9.96. The Labute approximate surface area is 231 Å². The Morgan fingerprint density at radius 3 is 2.49 bits per heavy atom. The van der Waals surface area contributed by atoms with Crippen LogP contribution in [0.4, 0.5) is 11.4 Å². The molecule has 5 rings (SSSR count). The van der Waals surface area contributed by atoms with Gasteiger partial charge in [0.05, 0.1) is 5.52 Å². The normalized spacial score (nSPS) is 14.1. The zero-order valence-corrected chi connectivity index (χ0v) is 23.1. The summed E-state index contributed by atoms with van der Waals surface area (Å²) in [7, 11) is 0. The quantitative estimate of drug-likeness (QED) is 0.315. The molecule has 10 heteroatoms. The molecule has 0 spiro atoms. The molecule has 1 aliphatic rings. The van der Waals surface area contributed by atoms with Gasteiger partial charge in [-0.25, -0.2) is 4.68 Å². The molecule has 1 unspecified atom stereocenters. The molecule has 0 aliphatic heterocycles. The summed E-state index contributed by atoms with van der Waals surface area (Å²) < 4.78 is 1.55. The Morgan fingerprint density at radius 1 is 1.08 bits per heavy atom. The second kappa shape index (κ2) is 11.0. The van der Waals surface area contributed by atoms with E-state index in [0.717, 1.165) is 18.4 Å². The van der Waals surface area contributed by atoms with Crippen molar-refractivity contribution in [3.63, 3.8) is 0 Å². The van der Waals surface area contributed by atoms with E-state index in [1.165, 1.54) is 16.2 Å². The van der Waals surface area contributed by atoms with Gasteiger partial charge in [0.2, 0.25) is 17.7 Å². The van der Waals surface area contributed by atoms with Crippen molar-refractivity contribution < 1.29 is 14.4 Å². The summed E-state index contributed by atoms with van der Waals surface area (Å²) in [5.74, 6) is -0.505. The van der Waals surface area contributed by atoms with Gasteiger partial charge >= 0.3 is 0 Å². The maximum atomic E-state index is 14.0. The first-order valence-corrected chi connectivity index (χ1v) is 13.9. The number of nitrogens with one attached hydrogen (secondary N) is 2. The van der Waals surface area contributed by atoms with E-state index in [2.05, 4.69) is 20.9 Å². The van der Waals surface area contributed by atoms with Gasteiger partial charge in [0.15, 0.2) is 0 Å². The van der Waals surface area contributed by atoms with E-state index in [4.69, 9.17) is 0 Å². The van der Waals surface area contributed by atoms with Gasteiger partial charge in [-0.05, 0) is 77.0 Å². The number of carbonyl (C=O) groups is 3. The van der Waals surface area contributed by atoms with Gasteiger partial charge in [0, 0.05) is 23.8 Å². The highest BCUT2D eigenvalue weighted by atomic mass is 32.1. The molecule has 202 valence electrons. The van der Waals surface area contributed by atoms with Gasteiger partial charge in [0.25, 0.3) is 0 Å². The highest BCUT2D eigenvalue weighted by Crippen LogP contribution is 2.33. The Kier molecular flexibility index (Phi) is 7.47. The standard InChI is InChI=1S/C29H32N6O3S/c1-29(2,3)18-30-28(38)26(20-14-15-39-17-20)35(22-12-10-21(11-13-22)31-27(37)19-8-9-19)25(36)16-34-24-7-5-4-6-23(24)32-33-34/h4-7,10-15,17,19,26H,8-9,16,18H2,1-3H3,(H,30,38)(H,31,37). The molecule has 1 atom stereocenters. The van der Waals surface area contributed by atoms with Crippen molar-refractivity contribution in [2.75, 3.05) is 16.8 Å². The maximum Gasteiger partial charge on any atom is 0.249 e. The number of fused-ring (bicyclic) bond motifs is 1. The first-order chi connectivity index (χ1) is 18.7. The molecule has 2 aromatic heterocycles. The molecule has 9 nitrogen and oxygen atoms in total. The number of anilines is 2. The summed E-state index contributed by atoms with van der Waals surface area (Å²) >= 11 is 1.47. The second-order valence-corrected chi connectivity index (χ2v) is 11.8. The van der Waals surface area contributed by atoms with Crippen LogP contribution >= 0.6 is 11.3 Å². The molecule has 3 amide bonds. The predicted octanol–water partition coefficient (Wildman–Crippen LogP) is 4.78. The number of para-hydroxylation sites is 1. The molecular formula is C29H32N6O3S. The van der Waals surface area contributed by atoms with E-state index in [9.17, 15) is 14.4 Å². The molecule has 2 N–H and O–H groups in total. The van der Waals surface area contributed by atoms with Crippen LogP contribution in [0.3, 0.4) is 0 Å². The molecule has 0 radical (unpaired) electrons. The lowest BCUT2D eigenvalue weighted by Gasteiger charge is -2.32. The lowest BCUT2D eigenvalue weighted by molar-refractivity contribution is -0.127. The van der Waals surface area contributed by atoms with Gasteiger partial charge in [-0.2, -0.15) is 11.3 Å². The number of rotatable bonds is 9. The minimum atomic E-state index is -0.896. The molecule has 1 saturated carbocycles. The fourth-order valence-electron chi connectivity index (χ4n) is 4.27. The zero-order valence-electron chi connectivity index (χ0n) is 22.3. The first-order valence-electron chi connectivity index (χ1n) is 13.0. The van der Waals surface area contributed by atoms with Crippen LogP contribution in [0, 0.1) is 11.3 Å². The summed E-state index contributed by atoms with van der Waals surface area (Å²) in [6.45, 7) is 6.48. The van der Waals surface area contributed by atoms with Crippen LogP contribution in [-0.2, 0) is 20.9 Å². The molecule has 0 saturated heterocycles.